The van der Waals surface area contributed by atoms with E-state index in [2.05, 4.69) is 25.9 Å². The third kappa shape index (κ3) is 6.11. The van der Waals surface area contributed by atoms with Gasteiger partial charge in [0.15, 0.2) is 0 Å². The smallest absolute Gasteiger partial charge is 0.253 e. The number of methoxy groups -OCH3 is 1. The van der Waals surface area contributed by atoms with Crippen molar-refractivity contribution in [2.24, 2.45) is 0 Å². The van der Waals surface area contributed by atoms with Crippen molar-refractivity contribution in [1.82, 2.24) is 15.3 Å². The molecule has 0 fully saturated rings. The number of nitrogens with one attached hydrogen (secondary N) is 3. The summed E-state index contributed by atoms with van der Waals surface area (Å²) in [5.74, 6) is 1.31. The lowest BCUT2D eigenvalue weighted by Crippen LogP contribution is -2.30. The Balaban J connectivity index is 1.89. The molecule has 0 unspecified atom stereocenters. The first-order valence-electron chi connectivity index (χ1n) is 10.6. The number of rotatable bonds is 8. The molecular weight excluding hydrogens is 437 g/mol. The third-order valence-corrected chi connectivity index (χ3v) is 6.39. The number of carbonyl (C=O) groups excluding carboxylic acids is 1. The van der Waals surface area contributed by atoms with Gasteiger partial charge in [-0.15, -0.1) is 0 Å². The second kappa shape index (κ2) is 10.0. The van der Waals surface area contributed by atoms with Crippen molar-refractivity contribution in [1.29, 1.82) is 0 Å². The summed E-state index contributed by atoms with van der Waals surface area (Å²) in [5, 5.41) is 10.1. The second-order valence-corrected chi connectivity index (χ2v) is 11.6. The summed E-state index contributed by atoms with van der Waals surface area (Å²) < 4.78 is 17.9. The Hall–Kier alpha value is -3.38. The molecule has 0 bridgehead atoms. The largest absolute Gasteiger partial charge is 0.495 e. The quantitative estimate of drug-likeness (QED) is 0.414. The summed E-state index contributed by atoms with van der Waals surface area (Å²) in [5.41, 5.74) is 2.65. The number of aryl methyl sites for hydroxylation is 1. The number of anilines is 4. The minimum absolute atomic E-state index is 0.0258. The molecule has 174 valence electrons. The monoisotopic (exact) mass is 467 g/mol. The molecule has 0 aliphatic rings. The molecule has 0 aliphatic heterocycles. The Kier molecular flexibility index (Phi) is 7.39. The predicted molar refractivity (Wildman–Crippen MR) is 134 cm³/mol. The number of hydrogen-bond donors (Lipinski definition) is 3. The molecule has 1 aromatic heterocycles. The standard InChI is InChI=1S/C24H30N5O3P/c1-15(2)26-23(30)18-9-7-8-10-19(18)27-22-16(3)14-25-24(29-22)28-20-12-11-17(33(5,6)31)13-21(20)32-4/h7-15H,1-6H3,(H,26,30)(H2,25,27,28,29). The fourth-order valence-corrected chi connectivity index (χ4v) is 3.99. The van der Waals surface area contributed by atoms with E-state index in [1.54, 1.807) is 44.8 Å². The molecule has 8 nitrogen and oxygen atoms in total. The molecule has 2 aromatic carbocycles. The van der Waals surface area contributed by atoms with Gasteiger partial charge in [0, 0.05) is 23.1 Å². The average Bonchev–Trinajstić information content (AvgIpc) is 2.75. The first-order valence-corrected chi connectivity index (χ1v) is 13.2. The Labute approximate surface area is 194 Å². The van der Waals surface area contributed by atoms with Gasteiger partial charge in [-0.1, -0.05) is 12.1 Å². The topological polar surface area (TPSA) is 105 Å². The van der Waals surface area contributed by atoms with Crippen LogP contribution in [0.2, 0.25) is 0 Å². The van der Waals surface area contributed by atoms with Crippen molar-refractivity contribution in [2.75, 3.05) is 31.1 Å². The first-order chi connectivity index (χ1) is 15.6. The molecule has 3 N–H and O–H groups in total. The van der Waals surface area contributed by atoms with E-state index in [-0.39, 0.29) is 11.9 Å². The predicted octanol–water partition coefficient (Wildman–Crippen LogP) is 4.67. The van der Waals surface area contributed by atoms with Gasteiger partial charge >= 0.3 is 0 Å². The molecule has 0 saturated heterocycles. The summed E-state index contributed by atoms with van der Waals surface area (Å²) >= 11 is 0. The van der Waals surface area contributed by atoms with Crippen LogP contribution in [-0.2, 0) is 4.57 Å². The highest BCUT2D eigenvalue weighted by Crippen LogP contribution is 2.38. The first kappa shape index (κ1) is 24.3. The normalized spacial score (nSPS) is 11.2. The van der Waals surface area contributed by atoms with E-state index >= 15 is 0 Å². The van der Waals surface area contributed by atoms with E-state index in [0.29, 0.717) is 34.5 Å². The van der Waals surface area contributed by atoms with Crippen molar-refractivity contribution in [3.63, 3.8) is 0 Å². The SMILES string of the molecule is COc1cc(P(C)(C)=O)ccc1Nc1ncc(C)c(Nc2ccccc2C(=O)NC(C)C)n1. The summed E-state index contributed by atoms with van der Waals surface area (Å²) in [6.45, 7) is 9.16. The maximum atomic E-state index is 12.6. The lowest BCUT2D eigenvalue weighted by atomic mass is 10.1. The van der Waals surface area contributed by atoms with E-state index in [0.717, 1.165) is 10.9 Å². The molecule has 0 radical (unpaired) electrons. The Bertz CT molecular complexity index is 1210. The van der Waals surface area contributed by atoms with Gasteiger partial charge in [0.1, 0.15) is 18.7 Å². The Morgan fingerprint density at radius 1 is 1.06 bits per heavy atom. The number of amides is 1. The average molecular weight is 468 g/mol. The summed E-state index contributed by atoms with van der Waals surface area (Å²) in [4.78, 5) is 21.6. The van der Waals surface area contributed by atoms with Crippen molar-refractivity contribution in [3.05, 3.63) is 59.8 Å². The minimum Gasteiger partial charge on any atom is -0.495 e. The molecule has 9 heteroatoms. The minimum atomic E-state index is -2.42. The van der Waals surface area contributed by atoms with Crippen LogP contribution in [0.3, 0.4) is 0 Å². The lowest BCUT2D eigenvalue weighted by molar-refractivity contribution is 0.0944. The van der Waals surface area contributed by atoms with E-state index in [9.17, 15) is 9.36 Å². The van der Waals surface area contributed by atoms with E-state index in [1.807, 2.05) is 45.0 Å². The van der Waals surface area contributed by atoms with E-state index in [1.165, 1.54) is 0 Å². The zero-order chi connectivity index (χ0) is 24.2. The van der Waals surface area contributed by atoms with Crippen molar-refractivity contribution < 1.29 is 14.1 Å². The van der Waals surface area contributed by atoms with E-state index in [4.69, 9.17) is 4.74 Å². The molecule has 1 heterocycles. The molecule has 0 atom stereocenters. The van der Waals surface area contributed by atoms with Gasteiger partial charge in [-0.05, 0) is 64.4 Å². The van der Waals surface area contributed by atoms with Crippen LogP contribution in [0.5, 0.6) is 5.75 Å². The summed E-state index contributed by atoms with van der Waals surface area (Å²) in [6.07, 6.45) is 1.70. The van der Waals surface area contributed by atoms with E-state index < -0.39 is 7.14 Å². The Morgan fingerprint density at radius 3 is 2.45 bits per heavy atom. The highest BCUT2D eigenvalue weighted by molar-refractivity contribution is 7.70. The van der Waals surface area contributed by atoms with Crippen LogP contribution < -0.4 is 26.0 Å². The third-order valence-electron chi connectivity index (χ3n) is 4.87. The summed E-state index contributed by atoms with van der Waals surface area (Å²) in [7, 11) is -0.859. The molecule has 3 aromatic rings. The van der Waals surface area contributed by atoms with Gasteiger partial charge in [0.2, 0.25) is 5.95 Å². The van der Waals surface area contributed by atoms with Crippen LogP contribution >= 0.6 is 7.14 Å². The zero-order valence-corrected chi connectivity index (χ0v) is 20.7. The molecule has 3 rings (SSSR count). The van der Waals surface area contributed by atoms with Crippen LogP contribution in [0, 0.1) is 6.92 Å². The number of ether oxygens (including phenoxy) is 1. The summed E-state index contributed by atoms with van der Waals surface area (Å²) in [6, 6.07) is 12.7. The van der Waals surface area contributed by atoms with Gasteiger partial charge in [-0.2, -0.15) is 4.98 Å². The molecule has 1 amide bonds. The van der Waals surface area contributed by atoms with Crippen LogP contribution in [0.1, 0.15) is 29.8 Å². The van der Waals surface area contributed by atoms with Gasteiger partial charge in [-0.3, -0.25) is 4.79 Å². The van der Waals surface area contributed by atoms with Crippen LogP contribution in [0.15, 0.2) is 48.7 Å². The maximum Gasteiger partial charge on any atom is 0.253 e. The highest BCUT2D eigenvalue weighted by Gasteiger charge is 2.16. The molecule has 0 saturated carbocycles. The van der Waals surface area contributed by atoms with Gasteiger partial charge in [-0.25, -0.2) is 4.98 Å². The highest BCUT2D eigenvalue weighted by atomic mass is 31.2. The number of aromatic nitrogens is 2. The molecule has 33 heavy (non-hydrogen) atoms. The van der Waals surface area contributed by atoms with Crippen molar-refractivity contribution >= 4 is 41.5 Å². The Morgan fingerprint density at radius 2 is 1.79 bits per heavy atom. The van der Waals surface area contributed by atoms with Crippen LogP contribution in [0.4, 0.5) is 23.1 Å². The van der Waals surface area contributed by atoms with Crippen LogP contribution in [-0.4, -0.2) is 42.4 Å². The van der Waals surface area contributed by atoms with Crippen molar-refractivity contribution in [3.8, 4) is 5.75 Å². The number of hydrogen-bond acceptors (Lipinski definition) is 7. The molecule has 0 spiro atoms. The maximum absolute atomic E-state index is 12.6. The second-order valence-electron chi connectivity index (χ2n) is 8.38. The number of carbonyl (C=O) groups is 1. The van der Waals surface area contributed by atoms with Gasteiger partial charge < -0.3 is 25.3 Å². The van der Waals surface area contributed by atoms with Gasteiger partial charge in [0.25, 0.3) is 5.91 Å². The van der Waals surface area contributed by atoms with Gasteiger partial charge in [0.05, 0.1) is 24.0 Å². The number of nitrogens with zero attached hydrogens (tertiary/aromatic N) is 2. The fourth-order valence-electron chi connectivity index (χ4n) is 3.13. The number of para-hydroxylation sites is 1. The lowest BCUT2D eigenvalue weighted by Gasteiger charge is -2.16. The van der Waals surface area contributed by atoms with Crippen LogP contribution in [0.25, 0.3) is 0 Å². The zero-order valence-electron chi connectivity index (χ0n) is 19.8. The number of benzene rings is 2. The molecule has 0 aliphatic carbocycles. The molecular formula is C24H30N5O3P. The fraction of sp³-hybridized carbons (Fsp3) is 0.292. The van der Waals surface area contributed by atoms with Crippen molar-refractivity contribution in [2.45, 2.75) is 26.8 Å².